The SMILES string of the molecule is COC(=O)N[C@H](C(=O)N1CCC[C@H]1c1ncc(-c2ccc3c4ccc(-c5cnc([C@@H]6CCCN6C(=O)[C@@H](NC(=O)O)[C@@H](C)OC)[nH]5)cc4n(C)c3c2)[nH]1)[C@@H](C)OC. The molecule has 3 aromatic heterocycles. The van der Waals surface area contributed by atoms with Gasteiger partial charge in [-0.25, -0.2) is 19.6 Å². The summed E-state index contributed by atoms with van der Waals surface area (Å²) >= 11 is 0. The molecule has 4 amide bonds. The summed E-state index contributed by atoms with van der Waals surface area (Å²) in [4.78, 5) is 70.5. The fraction of sp³-hybridized carbons (Fsp3) is 0.450. The lowest BCUT2D eigenvalue weighted by molar-refractivity contribution is -0.138. The fourth-order valence-corrected chi connectivity index (χ4v) is 8.18. The van der Waals surface area contributed by atoms with Crippen molar-refractivity contribution in [2.75, 3.05) is 34.4 Å². The Morgan fingerprint density at radius 3 is 1.63 bits per heavy atom. The summed E-state index contributed by atoms with van der Waals surface area (Å²) in [5.41, 5.74) is 5.54. The largest absolute Gasteiger partial charge is 0.465 e. The third-order valence-corrected chi connectivity index (χ3v) is 11.5. The van der Waals surface area contributed by atoms with Crippen LogP contribution in [0.25, 0.3) is 44.3 Å². The van der Waals surface area contributed by atoms with E-state index in [1.807, 2.05) is 13.1 Å². The van der Waals surface area contributed by atoms with Gasteiger partial charge in [0.2, 0.25) is 11.8 Å². The summed E-state index contributed by atoms with van der Waals surface area (Å²) < 4.78 is 17.6. The predicted molar refractivity (Wildman–Crippen MR) is 210 cm³/mol. The van der Waals surface area contributed by atoms with E-state index in [1.165, 1.54) is 21.3 Å². The summed E-state index contributed by atoms with van der Waals surface area (Å²) in [6, 6.07) is 9.97. The number of aromatic amines is 2. The lowest BCUT2D eigenvalue weighted by atomic mass is 10.1. The third-order valence-electron chi connectivity index (χ3n) is 11.5. The molecule has 0 bridgehead atoms. The van der Waals surface area contributed by atoms with Crippen molar-refractivity contribution in [3.63, 3.8) is 0 Å². The number of nitrogens with zero attached hydrogens (tertiary/aromatic N) is 5. The number of benzene rings is 2. The zero-order valence-electron chi connectivity index (χ0n) is 32.9. The highest BCUT2D eigenvalue weighted by Crippen LogP contribution is 2.37. The van der Waals surface area contributed by atoms with Crippen LogP contribution in [-0.4, -0.2) is 122 Å². The van der Waals surface area contributed by atoms with Crippen LogP contribution in [0, 0.1) is 0 Å². The Balaban J connectivity index is 1.11. The first-order chi connectivity index (χ1) is 27.4. The van der Waals surface area contributed by atoms with Crippen LogP contribution < -0.4 is 10.6 Å². The second-order valence-corrected chi connectivity index (χ2v) is 14.7. The van der Waals surface area contributed by atoms with Crippen LogP contribution in [0.15, 0.2) is 48.8 Å². The standard InChI is InChI=1S/C40H49N9O8/c1-21(55-4)33(45-39(52)53)37(50)48-15-7-9-29(48)35-41-19-27(43-35)23-11-13-25-26-14-12-24(18-32(26)47(3)31(25)17-23)28-20-42-36(44-28)30-10-8-16-49(30)38(51)34(22(2)56-5)46-40(54)57-6/h11-14,17-22,29-30,33-34,45H,7-10,15-16H2,1-6H3,(H,41,43)(H,42,44)(H,46,54)(H,52,53)/t21-,22-,29+,30+,33+,34+/m1/s1. The summed E-state index contributed by atoms with van der Waals surface area (Å²) in [7, 11) is 6.22. The molecule has 7 rings (SSSR count). The number of rotatable bonds is 12. The van der Waals surface area contributed by atoms with Gasteiger partial charge in [0.25, 0.3) is 0 Å². The summed E-state index contributed by atoms with van der Waals surface area (Å²) in [5.74, 6) is 0.707. The van der Waals surface area contributed by atoms with Crippen LogP contribution in [0.1, 0.15) is 63.3 Å². The topological polar surface area (TPSA) is 209 Å². The summed E-state index contributed by atoms with van der Waals surface area (Å²) in [5, 5.41) is 16.5. The van der Waals surface area contributed by atoms with Crippen LogP contribution in [0.3, 0.4) is 0 Å². The second-order valence-electron chi connectivity index (χ2n) is 14.7. The molecule has 5 heterocycles. The van der Waals surface area contributed by atoms with E-state index < -0.39 is 36.5 Å². The van der Waals surface area contributed by atoms with Crippen molar-refractivity contribution < 1.29 is 38.5 Å². The van der Waals surface area contributed by atoms with E-state index in [1.54, 1.807) is 36.0 Å². The average Bonchev–Trinajstić information content (AvgIpc) is 4.08. The van der Waals surface area contributed by atoms with E-state index in [9.17, 15) is 24.3 Å². The second kappa shape index (κ2) is 16.3. The van der Waals surface area contributed by atoms with Crippen LogP contribution in [-0.2, 0) is 30.8 Å². The monoisotopic (exact) mass is 783 g/mol. The van der Waals surface area contributed by atoms with Crippen molar-refractivity contribution >= 4 is 45.8 Å². The number of H-pyrrole nitrogens is 2. The number of fused-ring (bicyclic) bond motifs is 3. The number of aryl methyl sites for hydroxylation is 1. The Hall–Kier alpha value is -5.94. The van der Waals surface area contributed by atoms with Gasteiger partial charge < -0.3 is 54.3 Å². The number of carbonyl (C=O) groups excluding carboxylic acids is 3. The molecule has 17 heteroatoms. The molecular weight excluding hydrogens is 734 g/mol. The van der Waals surface area contributed by atoms with E-state index in [4.69, 9.17) is 19.2 Å². The molecule has 2 fully saturated rings. The zero-order valence-corrected chi connectivity index (χ0v) is 32.9. The molecule has 0 spiro atoms. The van der Waals surface area contributed by atoms with Crippen molar-refractivity contribution in [2.45, 2.75) is 75.9 Å². The van der Waals surface area contributed by atoms with E-state index in [0.29, 0.717) is 31.2 Å². The Morgan fingerprint density at radius 1 is 0.754 bits per heavy atom. The number of nitrogens with one attached hydrogen (secondary N) is 4. The molecule has 6 atom stereocenters. The maximum absolute atomic E-state index is 13.7. The van der Waals surface area contributed by atoms with Crippen molar-refractivity contribution in [1.29, 1.82) is 0 Å². The quantitative estimate of drug-likeness (QED) is 0.116. The number of amides is 4. The van der Waals surface area contributed by atoms with E-state index in [2.05, 4.69) is 60.5 Å². The van der Waals surface area contributed by atoms with E-state index >= 15 is 0 Å². The van der Waals surface area contributed by atoms with Gasteiger partial charge in [-0.3, -0.25) is 9.59 Å². The fourth-order valence-electron chi connectivity index (χ4n) is 8.18. The number of hydrogen-bond acceptors (Lipinski definition) is 9. The van der Waals surface area contributed by atoms with Crippen molar-refractivity contribution in [3.8, 4) is 22.5 Å². The first-order valence-corrected chi connectivity index (χ1v) is 19.1. The minimum atomic E-state index is -1.29. The average molecular weight is 784 g/mol. The van der Waals surface area contributed by atoms with Gasteiger partial charge in [0.15, 0.2) is 0 Å². The number of likely N-dealkylation sites (tertiary alicyclic amines) is 2. The van der Waals surface area contributed by atoms with Crippen molar-refractivity contribution in [2.24, 2.45) is 7.05 Å². The highest BCUT2D eigenvalue weighted by Gasteiger charge is 2.40. The number of imidazole rings is 2. The van der Waals surface area contributed by atoms with Crippen molar-refractivity contribution in [3.05, 3.63) is 60.4 Å². The third kappa shape index (κ3) is 7.51. The van der Waals surface area contributed by atoms with Gasteiger partial charge in [0.1, 0.15) is 23.7 Å². The predicted octanol–water partition coefficient (Wildman–Crippen LogP) is 4.87. The van der Waals surface area contributed by atoms with Gasteiger partial charge in [0.05, 0.1) is 55.2 Å². The first-order valence-electron chi connectivity index (χ1n) is 19.1. The number of methoxy groups -OCH3 is 3. The van der Waals surface area contributed by atoms with Gasteiger partial charge in [-0.15, -0.1) is 0 Å². The van der Waals surface area contributed by atoms with Gasteiger partial charge in [-0.1, -0.05) is 24.3 Å². The normalized spacial score (nSPS) is 19.1. The molecule has 2 saturated heterocycles. The van der Waals surface area contributed by atoms with Gasteiger partial charge in [-0.05, 0) is 51.7 Å². The molecule has 302 valence electrons. The molecule has 57 heavy (non-hydrogen) atoms. The Labute approximate surface area is 329 Å². The highest BCUT2D eigenvalue weighted by molar-refractivity contribution is 6.09. The molecule has 2 aromatic carbocycles. The number of aromatic nitrogens is 5. The van der Waals surface area contributed by atoms with Crippen LogP contribution in [0.4, 0.5) is 9.59 Å². The van der Waals surface area contributed by atoms with Crippen LogP contribution in [0.5, 0.6) is 0 Å². The van der Waals surface area contributed by atoms with Gasteiger partial charge in [-0.2, -0.15) is 0 Å². The zero-order chi connectivity index (χ0) is 40.5. The summed E-state index contributed by atoms with van der Waals surface area (Å²) in [6.07, 6.45) is 3.33. The highest BCUT2D eigenvalue weighted by atomic mass is 16.5. The number of ether oxygens (including phenoxy) is 3. The Bertz CT molecular complexity index is 2300. The summed E-state index contributed by atoms with van der Waals surface area (Å²) in [6.45, 7) is 4.41. The maximum Gasteiger partial charge on any atom is 0.407 e. The molecular formula is C40H49N9O8. The van der Waals surface area contributed by atoms with Crippen LogP contribution >= 0.6 is 0 Å². The number of carbonyl (C=O) groups is 4. The Morgan fingerprint density at radius 2 is 1.21 bits per heavy atom. The smallest absolute Gasteiger partial charge is 0.407 e. The van der Waals surface area contributed by atoms with Gasteiger partial charge in [0, 0.05) is 67.3 Å². The molecule has 0 radical (unpaired) electrons. The van der Waals surface area contributed by atoms with E-state index in [0.717, 1.165) is 63.6 Å². The molecule has 0 aliphatic carbocycles. The first kappa shape index (κ1) is 39.3. The number of alkyl carbamates (subject to hydrolysis) is 1. The molecule has 5 aromatic rings. The number of carboxylic acid groups (broad SMARTS) is 1. The molecule has 5 N–H and O–H groups in total. The minimum Gasteiger partial charge on any atom is -0.465 e. The number of hydrogen-bond donors (Lipinski definition) is 5. The molecule has 0 saturated carbocycles. The van der Waals surface area contributed by atoms with Crippen molar-refractivity contribution in [1.82, 2.24) is 44.9 Å². The molecule has 17 nitrogen and oxygen atoms in total. The van der Waals surface area contributed by atoms with Crippen LogP contribution in [0.2, 0.25) is 0 Å². The lowest BCUT2D eigenvalue weighted by Gasteiger charge is -2.30. The van der Waals surface area contributed by atoms with Gasteiger partial charge >= 0.3 is 12.2 Å². The Kier molecular flexibility index (Phi) is 11.2. The lowest BCUT2D eigenvalue weighted by Crippen LogP contribution is -2.54. The molecule has 2 aliphatic heterocycles. The van der Waals surface area contributed by atoms with E-state index in [-0.39, 0.29) is 23.9 Å². The molecule has 0 unspecified atom stereocenters. The maximum atomic E-state index is 13.7. The molecule has 2 aliphatic rings. The minimum absolute atomic E-state index is 0.260.